The zero-order chi connectivity index (χ0) is 18.9. The number of amides is 1. The maximum absolute atomic E-state index is 11.8. The summed E-state index contributed by atoms with van der Waals surface area (Å²) in [5.74, 6) is -0.324. The molecular formula is C19H27N3O4. The third-order valence-corrected chi connectivity index (χ3v) is 6.15. The molecule has 1 N–H and O–H groups in total. The van der Waals surface area contributed by atoms with E-state index in [1.54, 1.807) is 12.1 Å². The van der Waals surface area contributed by atoms with Gasteiger partial charge < -0.3 is 15.0 Å². The van der Waals surface area contributed by atoms with Crippen LogP contribution in [0.5, 0.6) is 0 Å². The molecule has 1 spiro atoms. The van der Waals surface area contributed by atoms with Gasteiger partial charge in [-0.2, -0.15) is 0 Å². The third-order valence-electron chi connectivity index (χ3n) is 6.15. The van der Waals surface area contributed by atoms with Crippen LogP contribution in [-0.2, 0) is 4.74 Å². The number of carbonyl (C=O) groups is 1. The lowest BCUT2D eigenvalue weighted by atomic mass is 9.60. The van der Waals surface area contributed by atoms with Crippen molar-refractivity contribution in [3.05, 3.63) is 33.9 Å². The Kier molecular flexibility index (Phi) is 5.18. The van der Waals surface area contributed by atoms with Gasteiger partial charge in [-0.3, -0.25) is 14.9 Å². The Bertz CT molecular complexity index is 700. The fraction of sp³-hybridized carbons (Fsp3) is 0.632. The lowest BCUT2D eigenvalue weighted by molar-refractivity contribution is -0.384. The summed E-state index contributed by atoms with van der Waals surface area (Å²) in [5, 5.41) is 14.1. The highest BCUT2D eigenvalue weighted by Crippen LogP contribution is 2.57. The van der Waals surface area contributed by atoms with E-state index in [9.17, 15) is 14.9 Å². The maximum Gasteiger partial charge on any atom is 0.293 e. The van der Waals surface area contributed by atoms with Crippen LogP contribution in [0.3, 0.4) is 0 Å². The van der Waals surface area contributed by atoms with Crippen LogP contribution in [0.25, 0.3) is 0 Å². The number of hydrogen-bond acceptors (Lipinski definition) is 5. The van der Waals surface area contributed by atoms with Crippen LogP contribution in [0, 0.1) is 15.5 Å². The van der Waals surface area contributed by atoms with Crippen LogP contribution < -0.4 is 10.2 Å². The first-order valence-corrected chi connectivity index (χ1v) is 9.29. The molecule has 2 saturated carbocycles. The monoisotopic (exact) mass is 361 g/mol. The van der Waals surface area contributed by atoms with Gasteiger partial charge in [-0.15, -0.1) is 0 Å². The van der Waals surface area contributed by atoms with E-state index < -0.39 is 4.92 Å². The van der Waals surface area contributed by atoms with Gasteiger partial charge in [-0.25, -0.2) is 0 Å². The predicted octanol–water partition coefficient (Wildman–Crippen LogP) is 3.13. The van der Waals surface area contributed by atoms with E-state index in [1.165, 1.54) is 26.0 Å². The second-order valence-electron chi connectivity index (χ2n) is 7.29. The van der Waals surface area contributed by atoms with Crippen molar-refractivity contribution in [1.29, 1.82) is 0 Å². The molecule has 0 bridgehead atoms. The van der Waals surface area contributed by atoms with Crippen molar-refractivity contribution in [2.24, 2.45) is 5.41 Å². The molecule has 1 amide bonds. The Morgan fingerprint density at radius 2 is 2.12 bits per heavy atom. The minimum Gasteiger partial charge on any atom is -0.378 e. The van der Waals surface area contributed by atoms with Crippen LogP contribution in [-0.4, -0.2) is 43.7 Å². The summed E-state index contributed by atoms with van der Waals surface area (Å²) in [6, 6.07) is 4.94. The normalized spacial score (nSPS) is 23.5. The van der Waals surface area contributed by atoms with E-state index in [0.29, 0.717) is 17.9 Å². The second-order valence-corrected chi connectivity index (χ2v) is 7.29. The number of nitro groups is 1. The summed E-state index contributed by atoms with van der Waals surface area (Å²) in [5.41, 5.74) is 0.932. The molecular weight excluding hydrogens is 334 g/mol. The Hall–Kier alpha value is -2.15. The van der Waals surface area contributed by atoms with Crippen molar-refractivity contribution in [3.8, 4) is 0 Å². The van der Waals surface area contributed by atoms with Crippen LogP contribution in [0.1, 0.15) is 49.4 Å². The SMILES string of the molecule is CCOC1CC(N(C)c2ccc(C(=O)NC)cc2[N+](=O)[O-])C12CCCC2. The molecule has 2 atom stereocenters. The molecule has 7 nitrogen and oxygen atoms in total. The first kappa shape index (κ1) is 18.6. The number of hydrogen-bond donors (Lipinski definition) is 1. The number of benzene rings is 1. The van der Waals surface area contributed by atoms with Crippen LogP contribution >= 0.6 is 0 Å². The van der Waals surface area contributed by atoms with Crippen LogP contribution in [0.2, 0.25) is 0 Å². The fourth-order valence-electron chi connectivity index (χ4n) is 4.82. The Morgan fingerprint density at radius 3 is 2.69 bits per heavy atom. The largest absolute Gasteiger partial charge is 0.378 e. The molecule has 1 aromatic carbocycles. The molecule has 2 fully saturated rings. The highest BCUT2D eigenvalue weighted by Gasteiger charge is 2.58. The number of carbonyl (C=O) groups excluding carboxylic acids is 1. The molecule has 0 aliphatic heterocycles. The van der Waals surface area contributed by atoms with E-state index in [4.69, 9.17) is 4.74 Å². The Labute approximate surface area is 153 Å². The molecule has 7 heteroatoms. The van der Waals surface area contributed by atoms with E-state index in [1.807, 2.05) is 18.9 Å². The van der Waals surface area contributed by atoms with E-state index in [2.05, 4.69) is 5.32 Å². The second kappa shape index (κ2) is 7.23. The summed E-state index contributed by atoms with van der Waals surface area (Å²) in [4.78, 5) is 25.1. The summed E-state index contributed by atoms with van der Waals surface area (Å²) in [6.07, 6.45) is 5.72. The van der Waals surface area contributed by atoms with Gasteiger partial charge in [-0.1, -0.05) is 12.8 Å². The molecule has 3 rings (SSSR count). The molecule has 0 radical (unpaired) electrons. The minimum atomic E-state index is -0.404. The van der Waals surface area contributed by atoms with Gasteiger partial charge in [0.05, 0.1) is 11.0 Å². The Balaban J connectivity index is 1.91. The predicted molar refractivity (Wildman–Crippen MR) is 99.6 cm³/mol. The smallest absolute Gasteiger partial charge is 0.293 e. The van der Waals surface area contributed by atoms with Gasteiger partial charge in [0, 0.05) is 43.8 Å². The van der Waals surface area contributed by atoms with Gasteiger partial charge in [-0.05, 0) is 38.3 Å². The van der Waals surface area contributed by atoms with Gasteiger partial charge in [0.25, 0.3) is 11.6 Å². The molecule has 0 aromatic heterocycles. The van der Waals surface area contributed by atoms with Crippen molar-refractivity contribution in [2.75, 3.05) is 25.6 Å². The van der Waals surface area contributed by atoms with E-state index >= 15 is 0 Å². The third kappa shape index (κ3) is 2.94. The van der Waals surface area contributed by atoms with Crippen LogP contribution in [0.4, 0.5) is 11.4 Å². The molecule has 0 saturated heterocycles. The first-order chi connectivity index (χ1) is 12.4. The molecule has 2 unspecified atom stereocenters. The first-order valence-electron chi connectivity index (χ1n) is 9.29. The van der Waals surface area contributed by atoms with Crippen molar-refractivity contribution < 1.29 is 14.5 Å². The summed E-state index contributed by atoms with van der Waals surface area (Å²) in [6.45, 7) is 2.71. The molecule has 0 heterocycles. The average molecular weight is 361 g/mol. The summed E-state index contributed by atoms with van der Waals surface area (Å²) < 4.78 is 5.96. The number of ether oxygens (including phenoxy) is 1. The molecule has 142 valence electrons. The Morgan fingerprint density at radius 1 is 1.42 bits per heavy atom. The highest BCUT2D eigenvalue weighted by molar-refractivity contribution is 5.95. The van der Waals surface area contributed by atoms with E-state index in [0.717, 1.165) is 19.3 Å². The van der Waals surface area contributed by atoms with E-state index in [-0.39, 0.29) is 29.2 Å². The van der Waals surface area contributed by atoms with Gasteiger partial charge >= 0.3 is 0 Å². The van der Waals surface area contributed by atoms with Crippen molar-refractivity contribution >= 4 is 17.3 Å². The summed E-state index contributed by atoms with van der Waals surface area (Å²) >= 11 is 0. The minimum absolute atomic E-state index is 0.0263. The number of nitrogens with zero attached hydrogens (tertiary/aromatic N) is 2. The molecule has 2 aliphatic rings. The summed E-state index contributed by atoms with van der Waals surface area (Å²) in [7, 11) is 3.44. The maximum atomic E-state index is 11.8. The highest BCUT2D eigenvalue weighted by atomic mass is 16.6. The van der Waals surface area contributed by atoms with Gasteiger partial charge in [0.2, 0.25) is 0 Å². The standard InChI is InChI=1S/C19H27N3O4/c1-4-26-17-12-16(19(17)9-5-6-10-19)21(3)14-8-7-13(18(23)20-2)11-15(14)22(24)25/h7-8,11,16-17H,4-6,9-10,12H2,1-3H3,(H,20,23). The lowest BCUT2D eigenvalue weighted by Crippen LogP contribution is -2.63. The number of anilines is 1. The van der Waals surface area contributed by atoms with Gasteiger partial charge in [0.1, 0.15) is 5.69 Å². The lowest BCUT2D eigenvalue weighted by Gasteiger charge is -2.57. The number of nitro benzene ring substituents is 1. The van der Waals surface area contributed by atoms with Crippen molar-refractivity contribution in [2.45, 2.75) is 51.2 Å². The topological polar surface area (TPSA) is 84.7 Å². The average Bonchev–Trinajstić information content (AvgIpc) is 3.16. The molecule has 26 heavy (non-hydrogen) atoms. The van der Waals surface area contributed by atoms with Crippen molar-refractivity contribution in [3.63, 3.8) is 0 Å². The van der Waals surface area contributed by atoms with Crippen molar-refractivity contribution in [1.82, 2.24) is 5.32 Å². The van der Waals surface area contributed by atoms with Crippen LogP contribution in [0.15, 0.2) is 18.2 Å². The fourth-order valence-corrected chi connectivity index (χ4v) is 4.82. The zero-order valence-electron chi connectivity index (χ0n) is 15.7. The molecule has 1 aromatic rings. The zero-order valence-corrected chi connectivity index (χ0v) is 15.7. The number of nitrogens with one attached hydrogen (secondary N) is 1. The van der Waals surface area contributed by atoms with Gasteiger partial charge in [0.15, 0.2) is 0 Å². The number of rotatable bonds is 6. The quantitative estimate of drug-likeness (QED) is 0.621. The molecule has 2 aliphatic carbocycles.